The molecule has 1 aliphatic rings. The molecule has 170 valence electrons. The molecule has 1 atom stereocenters. The summed E-state index contributed by atoms with van der Waals surface area (Å²) in [5.41, 5.74) is 2.23. The van der Waals surface area contributed by atoms with E-state index in [9.17, 15) is 19.7 Å². The van der Waals surface area contributed by atoms with Crippen LogP contribution in [0.3, 0.4) is 0 Å². The number of methoxy groups -OCH3 is 2. The lowest BCUT2D eigenvalue weighted by atomic mass is 10.1. The highest BCUT2D eigenvalue weighted by molar-refractivity contribution is 6.00. The number of benzene rings is 2. The van der Waals surface area contributed by atoms with Crippen LogP contribution < -0.4 is 19.7 Å². The van der Waals surface area contributed by atoms with E-state index in [0.29, 0.717) is 17.9 Å². The number of hydrogen-bond donors (Lipinski definition) is 1. The molecule has 0 saturated carbocycles. The Morgan fingerprint density at radius 3 is 2.53 bits per heavy atom. The maximum atomic E-state index is 12.7. The van der Waals surface area contributed by atoms with Crippen molar-refractivity contribution in [2.75, 3.05) is 32.2 Å². The van der Waals surface area contributed by atoms with Gasteiger partial charge in [-0.05, 0) is 30.5 Å². The van der Waals surface area contributed by atoms with Crippen LogP contribution in [0.5, 0.6) is 11.5 Å². The summed E-state index contributed by atoms with van der Waals surface area (Å²) < 4.78 is 10.4. The van der Waals surface area contributed by atoms with Gasteiger partial charge in [-0.1, -0.05) is 25.1 Å². The first-order valence-corrected chi connectivity index (χ1v) is 10.4. The van der Waals surface area contributed by atoms with Crippen LogP contribution in [-0.4, -0.2) is 44.0 Å². The van der Waals surface area contributed by atoms with Gasteiger partial charge < -0.3 is 19.7 Å². The Morgan fingerprint density at radius 2 is 1.88 bits per heavy atom. The maximum absolute atomic E-state index is 12.7. The molecule has 1 N–H and O–H groups in total. The second kappa shape index (κ2) is 10.1. The van der Waals surface area contributed by atoms with Crippen molar-refractivity contribution in [1.29, 1.82) is 0 Å². The summed E-state index contributed by atoms with van der Waals surface area (Å²) in [6, 6.07) is 10.5. The third-order valence-corrected chi connectivity index (χ3v) is 5.63. The molecule has 1 aliphatic heterocycles. The van der Waals surface area contributed by atoms with E-state index in [2.05, 4.69) is 5.32 Å². The van der Waals surface area contributed by atoms with Gasteiger partial charge in [0, 0.05) is 30.8 Å². The summed E-state index contributed by atoms with van der Waals surface area (Å²) in [6.45, 7) is 2.54. The summed E-state index contributed by atoms with van der Waals surface area (Å²) >= 11 is 0. The lowest BCUT2D eigenvalue weighted by molar-refractivity contribution is -0.385. The summed E-state index contributed by atoms with van der Waals surface area (Å²) in [4.78, 5) is 37.8. The number of rotatable bonds is 9. The van der Waals surface area contributed by atoms with Crippen molar-refractivity contribution >= 4 is 23.2 Å². The van der Waals surface area contributed by atoms with E-state index in [4.69, 9.17) is 9.47 Å². The van der Waals surface area contributed by atoms with Crippen molar-refractivity contribution in [3.8, 4) is 11.5 Å². The molecular formula is C23H27N3O6. The van der Waals surface area contributed by atoms with Crippen LogP contribution in [0.25, 0.3) is 0 Å². The first kappa shape index (κ1) is 23.1. The fraction of sp³-hybridized carbons (Fsp3) is 0.391. The second-order valence-corrected chi connectivity index (χ2v) is 7.52. The van der Waals surface area contributed by atoms with Gasteiger partial charge in [0.15, 0.2) is 11.5 Å². The Labute approximate surface area is 186 Å². The molecule has 2 amide bonds. The number of anilines is 1. The summed E-state index contributed by atoms with van der Waals surface area (Å²) in [5.74, 6) is -0.137. The number of nitro groups is 1. The zero-order valence-electron chi connectivity index (χ0n) is 18.4. The molecule has 0 radical (unpaired) electrons. The summed E-state index contributed by atoms with van der Waals surface area (Å²) in [7, 11) is 2.86. The van der Waals surface area contributed by atoms with Crippen LogP contribution in [-0.2, 0) is 22.4 Å². The van der Waals surface area contributed by atoms with Crippen LogP contribution in [0.4, 0.5) is 11.4 Å². The smallest absolute Gasteiger partial charge is 0.276 e. The number of aryl methyl sites for hydroxylation is 1. The molecule has 0 aromatic heterocycles. The zero-order chi connectivity index (χ0) is 23.3. The molecule has 0 spiro atoms. The second-order valence-electron chi connectivity index (χ2n) is 7.52. The number of nitrogens with zero attached hydrogens (tertiary/aromatic N) is 2. The molecule has 0 unspecified atom stereocenters. The Hall–Kier alpha value is -3.62. The molecule has 0 bridgehead atoms. The normalized spacial score (nSPS) is 15.5. The van der Waals surface area contributed by atoms with Gasteiger partial charge in [0.05, 0.1) is 31.1 Å². The monoisotopic (exact) mass is 441 g/mol. The number of amides is 2. The largest absolute Gasteiger partial charge is 0.493 e. The first-order chi connectivity index (χ1) is 15.4. The van der Waals surface area contributed by atoms with E-state index in [-0.39, 0.29) is 42.6 Å². The van der Waals surface area contributed by atoms with Gasteiger partial charge >= 0.3 is 0 Å². The number of para-hydroxylation sites is 1. The van der Waals surface area contributed by atoms with Gasteiger partial charge in [0.25, 0.3) is 5.69 Å². The number of nitro benzene ring substituents is 1. The number of ether oxygens (including phenoxy) is 2. The van der Waals surface area contributed by atoms with Crippen LogP contribution in [0.2, 0.25) is 0 Å². The highest BCUT2D eigenvalue weighted by Gasteiger charge is 2.35. The zero-order valence-corrected chi connectivity index (χ0v) is 18.4. The van der Waals surface area contributed by atoms with Gasteiger partial charge in [-0.15, -0.1) is 0 Å². The molecule has 1 heterocycles. The maximum Gasteiger partial charge on any atom is 0.276 e. The molecule has 2 aromatic rings. The van der Waals surface area contributed by atoms with Gasteiger partial charge in [-0.25, -0.2) is 0 Å². The minimum absolute atomic E-state index is 0.0819. The minimum atomic E-state index is -0.488. The van der Waals surface area contributed by atoms with Gasteiger partial charge in [-0.3, -0.25) is 19.7 Å². The summed E-state index contributed by atoms with van der Waals surface area (Å²) in [6.07, 6.45) is 1.17. The summed E-state index contributed by atoms with van der Waals surface area (Å²) in [5, 5.41) is 14.2. The SMILES string of the molecule is CCc1ccccc1N1C[C@@H](C(=O)NCCc2cc(OC)c(OC)cc2[N+](=O)[O-])CC1=O. The van der Waals surface area contributed by atoms with Crippen LogP contribution >= 0.6 is 0 Å². The van der Waals surface area contributed by atoms with Crippen molar-refractivity contribution < 1.29 is 24.0 Å². The predicted octanol–water partition coefficient (Wildman–Crippen LogP) is 2.89. The Morgan fingerprint density at radius 1 is 1.19 bits per heavy atom. The van der Waals surface area contributed by atoms with E-state index in [0.717, 1.165) is 17.7 Å². The molecular weight excluding hydrogens is 414 g/mol. The highest BCUT2D eigenvalue weighted by atomic mass is 16.6. The van der Waals surface area contributed by atoms with Crippen molar-refractivity contribution in [1.82, 2.24) is 5.32 Å². The Bertz CT molecular complexity index is 1020. The molecule has 0 aliphatic carbocycles. The van der Waals surface area contributed by atoms with Crippen molar-refractivity contribution in [2.24, 2.45) is 5.92 Å². The first-order valence-electron chi connectivity index (χ1n) is 10.4. The van der Waals surface area contributed by atoms with E-state index in [1.807, 2.05) is 31.2 Å². The van der Waals surface area contributed by atoms with Gasteiger partial charge in [0.1, 0.15) is 0 Å². The lowest BCUT2D eigenvalue weighted by Crippen LogP contribution is -2.34. The van der Waals surface area contributed by atoms with Crippen LogP contribution in [0.15, 0.2) is 36.4 Å². The van der Waals surface area contributed by atoms with Crippen molar-refractivity contribution in [3.63, 3.8) is 0 Å². The van der Waals surface area contributed by atoms with Crippen molar-refractivity contribution in [3.05, 3.63) is 57.6 Å². The Kier molecular flexibility index (Phi) is 7.29. The standard InChI is InChI=1S/C23H27N3O6/c1-4-15-7-5-6-8-18(15)25-14-17(12-22(25)27)23(28)24-10-9-16-11-20(31-2)21(32-3)13-19(16)26(29)30/h5-8,11,13,17H,4,9-10,12,14H2,1-3H3,(H,24,28)/t17-/m0/s1. The Balaban J connectivity index is 1.64. The van der Waals surface area contributed by atoms with E-state index >= 15 is 0 Å². The third-order valence-electron chi connectivity index (χ3n) is 5.63. The van der Waals surface area contributed by atoms with E-state index in [1.165, 1.54) is 20.3 Å². The van der Waals surface area contributed by atoms with E-state index in [1.54, 1.807) is 11.0 Å². The van der Waals surface area contributed by atoms with Gasteiger partial charge in [-0.2, -0.15) is 0 Å². The predicted molar refractivity (Wildman–Crippen MR) is 119 cm³/mol. The van der Waals surface area contributed by atoms with Crippen LogP contribution in [0, 0.1) is 16.0 Å². The number of nitrogens with one attached hydrogen (secondary N) is 1. The average molecular weight is 441 g/mol. The molecule has 2 aromatic carbocycles. The highest BCUT2D eigenvalue weighted by Crippen LogP contribution is 2.34. The average Bonchev–Trinajstić information content (AvgIpc) is 3.19. The number of hydrogen-bond acceptors (Lipinski definition) is 6. The molecule has 32 heavy (non-hydrogen) atoms. The third kappa shape index (κ3) is 4.82. The van der Waals surface area contributed by atoms with Crippen LogP contribution in [0.1, 0.15) is 24.5 Å². The molecule has 9 heteroatoms. The molecule has 1 saturated heterocycles. The van der Waals surface area contributed by atoms with Crippen molar-refractivity contribution in [2.45, 2.75) is 26.2 Å². The number of carbonyl (C=O) groups is 2. The molecule has 3 rings (SSSR count). The fourth-order valence-corrected chi connectivity index (χ4v) is 3.93. The molecule has 1 fully saturated rings. The number of carbonyl (C=O) groups excluding carboxylic acids is 2. The topological polar surface area (TPSA) is 111 Å². The fourth-order valence-electron chi connectivity index (χ4n) is 3.93. The lowest BCUT2D eigenvalue weighted by Gasteiger charge is -2.20. The van der Waals surface area contributed by atoms with E-state index < -0.39 is 10.8 Å². The molecule has 9 nitrogen and oxygen atoms in total. The quantitative estimate of drug-likeness (QED) is 0.473. The minimum Gasteiger partial charge on any atom is -0.493 e. The van der Waals surface area contributed by atoms with Gasteiger partial charge in [0.2, 0.25) is 11.8 Å².